The lowest BCUT2D eigenvalue weighted by Gasteiger charge is -2.03. The smallest absolute Gasteiger partial charge is 0.251 e. The standard InChI is InChI=1S/C15H15N3O2/c1-11-9-17-14(20-11)10-18-15(19)13-6-2-4-12(8-13)5-3-7-16/h2,4,6,8-9H,7,10,16H2,1H3,(H,18,19). The van der Waals surface area contributed by atoms with Crippen molar-refractivity contribution in [2.24, 2.45) is 5.73 Å². The Bertz CT molecular complexity index is 665. The van der Waals surface area contributed by atoms with Gasteiger partial charge >= 0.3 is 0 Å². The molecular formula is C15H15N3O2. The molecule has 5 heteroatoms. The predicted molar refractivity (Wildman–Crippen MR) is 74.8 cm³/mol. The third-order valence-corrected chi connectivity index (χ3v) is 2.53. The molecule has 0 atom stereocenters. The Balaban J connectivity index is 2.01. The summed E-state index contributed by atoms with van der Waals surface area (Å²) < 4.78 is 5.28. The average molecular weight is 269 g/mol. The summed E-state index contributed by atoms with van der Waals surface area (Å²) >= 11 is 0. The van der Waals surface area contributed by atoms with Gasteiger partial charge in [-0.15, -0.1) is 0 Å². The van der Waals surface area contributed by atoms with Gasteiger partial charge in [0.25, 0.3) is 5.91 Å². The lowest BCUT2D eigenvalue weighted by molar-refractivity contribution is 0.0947. The molecule has 20 heavy (non-hydrogen) atoms. The maximum absolute atomic E-state index is 12.0. The molecule has 0 bridgehead atoms. The number of nitrogens with one attached hydrogen (secondary N) is 1. The van der Waals surface area contributed by atoms with Crippen LogP contribution in [0, 0.1) is 18.8 Å². The third kappa shape index (κ3) is 3.70. The number of oxazole rings is 1. The second-order valence-corrected chi connectivity index (χ2v) is 4.13. The van der Waals surface area contributed by atoms with Crippen LogP contribution in [0.5, 0.6) is 0 Å². The van der Waals surface area contributed by atoms with Crippen molar-refractivity contribution in [3.05, 3.63) is 53.2 Å². The number of amides is 1. The quantitative estimate of drug-likeness (QED) is 0.821. The second kappa shape index (κ2) is 6.55. The van der Waals surface area contributed by atoms with Crippen LogP contribution >= 0.6 is 0 Å². The highest BCUT2D eigenvalue weighted by molar-refractivity contribution is 5.94. The van der Waals surface area contributed by atoms with Gasteiger partial charge < -0.3 is 15.5 Å². The summed E-state index contributed by atoms with van der Waals surface area (Å²) in [6, 6.07) is 7.06. The van der Waals surface area contributed by atoms with E-state index < -0.39 is 0 Å². The molecule has 2 rings (SSSR count). The van der Waals surface area contributed by atoms with Gasteiger partial charge in [-0.2, -0.15) is 0 Å². The first-order chi connectivity index (χ1) is 9.69. The van der Waals surface area contributed by atoms with Gasteiger partial charge in [-0.25, -0.2) is 4.98 Å². The van der Waals surface area contributed by atoms with E-state index in [-0.39, 0.29) is 12.5 Å². The largest absolute Gasteiger partial charge is 0.444 e. The van der Waals surface area contributed by atoms with Crippen molar-refractivity contribution < 1.29 is 9.21 Å². The van der Waals surface area contributed by atoms with Crippen molar-refractivity contribution in [1.82, 2.24) is 10.3 Å². The number of carbonyl (C=O) groups excluding carboxylic acids is 1. The van der Waals surface area contributed by atoms with Crippen LogP contribution in [-0.4, -0.2) is 17.4 Å². The number of benzene rings is 1. The first kappa shape index (κ1) is 13.8. The van der Waals surface area contributed by atoms with E-state index in [9.17, 15) is 4.79 Å². The Labute approximate surface area is 117 Å². The van der Waals surface area contributed by atoms with E-state index in [2.05, 4.69) is 22.1 Å². The number of hydrogen-bond donors (Lipinski definition) is 2. The SMILES string of the molecule is Cc1cnc(CNC(=O)c2cccc(C#CCN)c2)o1. The van der Waals surface area contributed by atoms with Crippen LogP contribution in [0.15, 0.2) is 34.9 Å². The zero-order chi connectivity index (χ0) is 14.4. The Kier molecular flexibility index (Phi) is 4.53. The molecule has 102 valence electrons. The topological polar surface area (TPSA) is 81.2 Å². The van der Waals surface area contributed by atoms with Crippen molar-refractivity contribution in [3.63, 3.8) is 0 Å². The molecule has 0 aliphatic rings. The van der Waals surface area contributed by atoms with E-state index in [1.807, 2.05) is 6.07 Å². The monoisotopic (exact) mass is 269 g/mol. The summed E-state index contributed by atoms with van der Waals surface area (Å²) in [4.78, 5) is 16.0. The van der Waals surface area contributed by atoms with Crippen LogP contribution in [0.1, 0.15) is 27.6 Å². The van der Waals surface area contributed by atoms with Crippen molar-refractivity contribution in [2.45, 2.75) is 13.5 Å². The summed E-state index contributed by atoms with van der Waals surface area (Å²) in [6.45, 7) is 2.35. The van der Waals surface area contributed by atoms with Gasteiger partial charge in [-0.05, 0) is 25.1 Å². The molecule has 1 heterocycles. The number of carbonyl (C=O) groups is 1. The molecule has 0 aliphatic carbocycles. The highest BCUT2D eigenvalue weighted by Gasteiger charge is 2.07. The number of nitrogens with zero attached hydrogens (tertiary/aromatic N) is 1. The molecule has 1 aromatic carbocycles. The second-order valence-electron chi connectivity index (χ2n) is 4.13. The molecule has 0 fully saturated rings. The van der Waals surface area contributed by atoms with E-state index >= 15 is 0 Å². The number of aryl methyl sites for hydroxylation is 1. The maximum Gasteiger partial charge on any atom is 0.251 e. The van der Waals surface area contributed by atoms with Crippen LogP contribution in [-0.2, 0) is 6.54 Å². The van der Waals surface area contributed by atoms with Crippen LogP contribution < -0.4 is 11.1 Å². The van der Waals surface area contributed by atoms with E-state index in [0.717, 1.165) is 5.56 Å². The number of aromatic nitrogens is 1. The molecular weight excluding hydrogens is 254 g/mol. The van der Waals surface area contributed by atoms with E-state index in [0.29, 0.717) is 23.8 Å². The molecule has 0 saturated carbocycles. The number of hydrogen-bond acceptors (Lipinski definition) is 4. The summed E-state index contributed by atoms with van der Waals surface area (Å²) in [5.41, 5.74) is 6.62. The molecule has 0 aliphatic heterocycles. The molecule has 3 N–H and O–H groups in total. The van der Waals surface area contributed by atoms with Crippen LogP contribution in [0.2, 0.25) is 0 Å². The van der Waals surface area contributed by atoms with Gasteiger partial charge in [-0.1, -0.05) is 17.9 Å². The average Bonchev–Trinajstić information content (AvgIpc) is 2.88. The van der Waals surface area contributed by atoms with Crippen LogP contribution in [0.25, 0.3) is 0 Å². The predicted octanol–water partition coefficient (Wildman–Crippen LogP) is 1.22. The van der Waals surface area contributed by atoms with Gasteiger partial charge in [-0.3, -0.25) is 4.79 Å². The molecule has 0 spiro atoms. The van der Waals surface area contributed by atoms with E-state index in [1.54, 1.807) is 31.3 Å². The molecule has 5 nitrogen and oxygen atoms in total. The van der Waals surface area contributed by atoms with Gasteiger partial charge in [0.2, 0.25) is 5.89 Å². The fourth-order valence-corrected chi connectivity index (χ4v) is 1.63. The Morgan fingerprint density at radius 2 is 2.35 bits per heavy atom. The lowest BCUT2D eigenvalue weighted by Crippen LogP contribution is -2.22. The van der Waals surface area contributed by atoms with Gasteiger partial charge in [0.05, 0.1) is 19.3 Å². The minimum absolute atomic E-state index is 0.197. The highest BCUT2D eigenvalue weighted by atomic mass is 16.4. The molecule has 2 aromatic rings. The Hall–Kier alpha value is -2.58. The van der Waals surface area contributed by atoms with Gasteiger partial charge in [0, 0.05) is 11.1 Å². The Morgan fingerprint density at radius 3 is 3.05 bits per heavy atom. The summed E-state index contributed by atoms with van der Waals surface area (Å²) in [6.07, 6.45) is 1.62. The summed E-state index contributed by atoms with van der Waals surface area (Å²) in [5, 5.41) is 2.74. The fourth-order valence-electron chi connectivity index (χ4n) is 1.63. The number of rotatable bonds is 3. The van der Waals surface area contributed by atoms with Gasteiger partial charge in [0.1, 0.15) is 5.76 Å². The van der Waals surface area contributed by atoms with Crippen molar-refractivity contribution in [1.29, 1.82) is 0 Å². The highest BCUT2D eigenvalue weighted by Crippen LogP contribution is 2.05. The molecule has 0 unspecified atom stereocenters. The molecule has 0 radical (unpaired) electrons. The summed E-state index contributed by atoms with van der Waals surface area (Å²) in [5.74, 6) is 6.64. The minimum Gasteiger partial charge on any atom is -0.444 e. The van der Waals surface area contributed by atoms with Crippen molar-refractivity contribution in [2.75, 3.05) is 6.54 Å². The normalized spacial score (nSPS) is 9.70. The molecule has 1 aromatic heterocycles. The zero-order valence-corrected chi connectivity index (χ0v) is 11.1. The minimum atomic E-state index is -0.197. The van der Waals surface area contributed by atoms with Crippen LogP contribution in [0.4, 0.5) is 0 Å². The number of nitrogens with two attached hydrogens (primary N) is 1. The first-order valence-corrected chi connectivity index (χ1v) is 6.17. The fraction of sp³-hybridized carbons (Fsp3) is 0.200. The van der Waals surface area contributed by atoms with Crippen molar-refractivity contribution >= 4 is 5.91 Å². The summed E-state index contributed by atoms with van der Waals surface area (Å²) in [7, 11) is 0. The zero-order valence-electron chi connectivity index (χ0n) is 11.1. The van der Waals surface area contributed by atoms with Crippen molar-refractivity contribution in [3.8, 4) is 11.8 Å². The van der Waals surface area contributed by atoms with E-state index in [1.165, 1.54) is 0 Å². The lowest BCUT2D eigenvalue weighted by atomic mass is 10.1. The molecule has 1 amide bonds. The maximum atomic E-state index is 12.0. The molecule has 0 saturated heterocycles. The van der Waals surface area contributed by atoms with Gasteiger partial charge in [0.15, 0.2) is 0 Å². The Morgan fingerprint density at radius 1 is 1.50 bits per heavy atom. The van der Waals surface area contributed by atoms with Crippen LogP contribution in [0.3, 0.4) is 0 Å². The third-order valence-electron chi connectivity index (χ3n) is 2.53. The van der Waals surface area contributed by atoms with E-state index in [4.69, 9.17) is 10.2 Å². The first-order valence-electron chi connectivity index (χ1n) is 6.17.